The average Bonchev–Trinajstić information content (AvgIpc) is 2.60. The third-order valence-corrected chi connectivity index (χ3v) is 3.90. The molecule has 0 aromatic heterocycles. The normalized spacial score (nSPS) is 36.8. The lowest BCUT2D eigenvalue weighted by atomic mass is 10.2. The predicted molar refractivity (Wildman–Crippen MR) is 46.4 cm³/mol. The van der Waals surface area contributed by atoms with Gasteiger partial charge in [-0.15, -0.1) is 0 Å². The second-order valence-corrected chi connectivity index (χ2v) is 4.54. The Labute approximate surface area is 71.2 Å². The summed E-state index contributed by atoms with van der Waals surface area (Å²) in [6, 6.07) is 0.820. The maximum atomic E-state index is 4.97. The van der Waals surface area contributed by atoms with Gasteiger partial charge >= 0.3 is 0 Å². The van der Waals surface area contributed by atoms with Crippen LogP contribution in [-0.2, 0) is 4.84 Å². The zero-order valence-electron chi connectivity index (χ0n) is 6.53. The van der Waals surface area contributed by atoms with Crippen molar-refractivity contribution >= 4 is 11.8 Å². The number of hydrogen-bond acceptors (Lipinski definition) is 4. The number of nitrogens with two attached hydrogens (primary N) is 1. The van der Waals surface area contributed by atoms with E-state index in [-0.39, 0.29) is 0 Å². The van der Waals surface area contributed by atoms with Gasteiger partial charge in [-0.05, 0) is 6.42 Å². The van der Waals surface area contributed by atoms with E-state index in [1.54, 1.807) is 0 Å². The molecule has 2 aliphatic rings. The van der Waals surface area contributed by atoms with E-state index in [1.165, 1.54) is 18.7 Å². The molecule has 2 atom stereocenters. The van der Waals surface area contributed by atoms with Crippen molar-refractivity contribution in [1.82, 2.24) is 4.90 Å². The molecular formula is C7H14N2OS. The molecule has 2 bridgehead atoms. The summed E-state index contributed by atoms with van der Waals surface area (Å²) >= 11 is 2.12. The summed E-state index contributed by atoms with van der Waals surface area (Å²) in [5, 5.41) is 0.901. The minimum atomic E-state index is 0.674. The van der Waals surface area contributed by atoms with Gasteiger partial charge in [-0.3, -0.25) is 4.90 Å². The van der Waals surface area contributed by atoms with Crippen molar-refractivity contribution in [3.05, 3.63) is 0 Å². The molecule has 2 aliphatic heterocycles. The zero-order valence-corrected chi connectivity index (χ0v) is 7.35. The van der Waals surface area contributed by atoms with Crippen LogP contribution in [0.4, 0.5) is 0 Å². The Kier molecular flexibility index (Phi) is 2.36. The maximum Gasteiger partial charge on any atom is 0.0806 e. The Bertz CT molecular complexity index is 144. The molecule has 0 aliphatic carbocycles. The van der Waals surface area contributed by atoms with Gasteiger partial charge in [0.15, 0.2) is 0 Å². The lowest BCUT2D eigenvalue weighted by Gasteiger charge is -2.25. The van der Waals surface area contributed by atoms with Crippen molar-refractivity contribution in [2.45, 2.75) is 17.7 Å². The fourth-order valence-corrected chi connectivity index (χ4v) is 3.42. The van der Waals surface area contributed by atoms with Crippen LogP contribution in [0, 0.1) is 0 Å². The van der Waals surface area contributed by atoms with E-state index in [9.17, 15) is 0 Å². The second kappa shape index (κ2) is 3.31. The number of rotatable bonds is 3. The highest BCUT2D eigenvalue weighted by Gasteiger charge is 2.37. The SMILES string of the molecule is NOCCN1CC2CC1CS2. The van der Waals surface area contributed by atoms with Crippen LogP contribution in [0.25, 0.3) is 0 Å². The van der Waals surface area contributed by atoms with Gasteiger partial charge in [0, 0.05) is 30.1 Å². The number of thioether (sulfide) groups is 1. The predicted octanol–water partition coefficient (Wildman–Crippen LogP) is 0.0664. The molecule has 0 aromatic rings. The van der Waals surface area contributed by atoms with E-state index in [1.807, 2.05) is 0 Å². The van der Waals surface area contributed by atoms with Crippen LogP contribution < -0.4 is 5.90 Å². The summed E-state index contributed by atoms with van der Waals surface area (Å²) in [7, 11) is 0. The number of likely N-dealkylation sites (tertiary alicyclic amines) is 1. The molecule has 0 saturated carbocycles. The lowest BCUT2D eigenvalue weighted by Crippen LogP contribution is -2.36. The van der Waals surface area contributed by atoms with Crippen LogP contribution >= 0.6 is 11.8 Å². The fourth-order valence-electron chi connectivity index (χ4n) is 1.92. The maximum absolute atomic E-state index is 4.97. The summed E-state index contributed by atoms with van der Waals surface area (Å²) in [5.74, 6) is 6.29. The second-order valence-electron chi connectivity index (χ2n) is 3.21. The zero-order chi connectivity index (χ0) is 7.68. The summed E-state index contributed by atoms with van der Waals surface area (Å²) in [5.41, 5.74) is 0. The highest BCUT2D eigenvalue weighted by atomic mass is 32.2. The molecule has 0 aromatic carbocycles. The van der Waals surface area contributed by atoms with Crippen LogP contribution in [0.5, 0.6) is 0 Å². The van der Waals surface area contributed by atoms with Crippen molar-refractivity contribution in [3.8, 4) is 0 Å². The molecule has 2 heterocycles. The quantitative estimate of drug-likeness (QED) is 0.614. The third kappa shape index (κ3) is 1.54. The Morgan fingerprint density at radius 3 is 3.09 bits per heavy atom. The van der Waals surface area contributed by atoms with E-state index < -0.39 is 0 Å². The van der Waals surface area contributed by atoms with Gasteiger partial charge in [0.25, 0.3) is 0 Å². The van der Waals surface area contributed by atoms with E-state index in [0.29, 0.717) is 6.61 Å². The van der Waals surface area contributed by atoms with Gasteiger partial charge in [-0.1, -0.05) is 0 Å². The van der Waals surface area contributed by atoms with Gasteiger partial charge in [-0.2, -0.15) is 11.8 Å². The van der Waals surface area contributed by atoms with Gasteiger partial charge in [-0.25, -0.2) is 5.90 Å². The van der Waals surface area contributed by atoms with Crippen molar-refractivity contribution in [1.29, 1.82) is 0 Å². The third-order valence-electron chi connectivity index (χ3n) is 2.51. The molecule has 2 unspecified atom stereocenters. The Balaban J connectivity index is 1.78. The first kappa shape index (κ1) is 7.86. The summed E-state index contributed by atoms with van der Waals surface area (Å²) in [4.78, 5) is 7.06. The first-order chi connectivity index (χ1) is 5.40. The smallest absolute Gasteiger partial charge is 0.0806 e. The minimum absolute atomic E-state index is 0.674. The van der Waals surface area contributed by atoms with Gasteiger partial charge in [0.1, 0.15) is 0 Å². The topological polar surface area (TPSA) is 38.5 Å². The van der Waals surface area contributed by atoms with Crippen LogP contribution in [0.2, 0.25) is 0 Å². The first-order valence-corrected chi connectivity index (χ1v) is 5.12. The molecule has 0 spiro atoms. The van der Waals surface area contributed by atoms with Crippen LogP contribution in [-0.4, -0.2) is 41.6 Å². The highest BCUT2D eigenvalue weighted by molar-refractivity contribution is 8.00. The Morgan fingerprint density at radius 1 is 1.64 bits per heavy atom. The van der Waals surface area contributed by atoms with Gasteiger partial charge < -0.3 is 4.84 Å². The van der Waals surface area contributed by atoms with Crippen LogP contribution in [0.3, 0.4) is 0 Å². The van der Waals surface area contributed by atoms with Crippen LogP contribution in [0.15, 0.2) is 0 Å². The molecule has 2 fully saturated rings. The standard InChI is InChI=1S/C7H14N2OS/c8-10-2-1-9-4-7-3-6(9)5-11-7/h6-7H,1-5,8H2. The fraction of sp³-hybridized carbons (Fsp3) is 1.00. The summed E-state index contributed by atoms with van der Waals surface area (Å²) < 4.78 is 0. The average molecular weight is 174 g/mol. The minimum Gasteiger partial charge on any atom is -0.303 e. The first-order valence-electron chi connectivity index (χ1n) is 4.07. The molecule has 2 rings (SSSR count). The Morgan fingerprint density at radius 2 is 2.55 bits per heavy atom. The largest absolute Gasteiger partial charge is 0.303 e. The molecule has 0 amide bonds. The highest BCUT2D eigenvalue weighted by Crippen LogP contribution is 2.36. The van der Waals surface area contributed by atoms with Crippen molar-refractivity contribution in [3.63, 3.8) is 0 Å². The van der Waals surface area contributed by atoms with Crippen molar-refractivity contribution in [2.75, 3.05) is 25.4 Å². The van der Waals surface area contributed by atoms with E-state index in [0.717, 1.165) is 17.8 Å². The van der Waals surface area contributed by atoms with Gasteiger partial charge in [0.2, 0.25) is 0 Å². The van der Waals surface area contributed by atoms with Crippen molar-refractivity contribution in [2.24, 2.45) is 5.90 Å². The molecule has 2 saturated heterocycles. The monoisotopic (exact) mass is 174 g/mol. The van der Waals surface area contributed by atoms with E-state index in [4.69, 9.17) is 5.90 Å². The molecule has 2 N–H and O–H groups in total. The van der Waals surface area contributed by atoms with Gasteiger partial charge in [0.05, 0.1) is 6.61 Å². The lowest BCUT2D eigenvalue weighted by molar-refractivity contribution is 0.103. The Hall–Kier alpha value is 0.230. The van der Waals surface area contributed by atoms with Crippen molar-refractivity contribution < 1.29 is 4.84 Å². The number of fused-ring (bicyclic) bond motifs is 2. The molecule has 3 nitrogen and oxygen atoms in total. The number of hydrogen-bond donors (Lipinski definition) is 1. The molecule has 64 valence electrons. The van der Waals surface area contributed by atoms with Crippen LogP contribution in [0.1, 0.15) is 6.42 Å². The molecule has 11 heavy (non-hydrogen) atoms. The molecule has 0 radical (unpaired) electrons. The summed E-state index contributed by atoms with van der Waals surface area (Å²) in [6.07, 6.45) is 1.38. The molecule has 4 heteroatoms. The number of nitrogens with zero attached hydrogens (tertiary/aromatic N) is 1. The molecular weight excluding hydrogens is 160 g/mol. The summed E-state index contributed by atoms with van der Waals surface area (Å²) in [6.45, 7) is 2.94. The van der Waals surface area contributed by atoms with E-state index in [2.05, 4.69) is 21.5 Å². The van der Waals surface area contributed by atoms with E-state index >= 15 is 0 Å².